The third-order valence-electron chi connectivity index (χ3n) is 8.61. The Morgan fingerprint density at radius 1 is 0.704 bits per heavy atom. The monoisotopic (exact) mass is 730 g/mol. The second-order valence-electron chi connectivity index (χ2n) is 12.2. The van der Waals surface area contributed by atoms with E-state index in [4.69, 9.17) is 18.9 Å². The molecule has 0 spiro atoms. The molecule has 1 heterocycles. The molecule has 2 atom stereocenters. The van der Waals surface area contributed by atoms with Crippen LogP contribution in [0.4, 0.5) is 0 Å². The van der Waals surface area contributed by atoms with Crippen molar-refractivity contribution in [2.45, 2.75) is 25.9 Å². The van der Waals surface area contributed by atoms with E-state index in [2.05, 4.69) is 10.6 Å². The van der Waals surface area contributed by atoms with Crippen LogP contribution in [0.15, 0.2) is 91.0 Å². The SMILES string of the molecule is CNC(=O)c1cc(C(=O)Oc2ccc(C(=O)Oc3ccc(OC(=O)C4C=CC(OC(=O)c5ccc6c(c5)C(=O)NC6=O)CC4)cc3C)cc2)ccc1C=O. The summed E-state index contributed by atoms with van der Waals surface area (Å²) in [4.78, 5) is 98.2. The quantitative estimate of drug-likeness (QED) is 0.0758. The summed E-state index contributed by atoms with van der Waals surface area (Å²) in [5, 5.41) is 4.58. The Morgan fingerprint density at radius 3 is 2.06 bits per heavy atom. The molecule has 2 N–H and O–H groups in total. The van der Waals surface area contributed by atoms with E-state index in [0.717, 1.165) is 0 Å². The first-order valence-corrected chi connectivity index (χ1v) is 16.5. The van der Waals surface area contributed by atoms with Crippen LogP contribution in [-0.4, -0.2) is 61.0 Å². The highest BCUT2D eigenvalue weighted by Gasteiger charge is 2.29. The van der Waals surface area contributed by atoms with E-state index in [0.29, 0.717) is 24.7 Å². The van der Waals surface area contributed by atoms with Gasteiger partial charge in [-0.25, -0.2) is 14.4 Å². The number of hydrogen-bond acceptors (Lipinski definition) is 12. The maximum Gasteiger partial charge on any atom is 0.343 e. The molecule has 0 bridgehead atoms. The fourth-order valence-corrected chi connectivity index (χ4v) is 5.68. The number of aldehydes is 1. The normalized spacial score (nSPS) is 15.7. The summed E-state index contributed by atoms with van der Waals surface area (Å²) in [5.74, 6) is -4.34. The standard InChI is InChI=1S/C40H30N2O12/c1-21-17-29(53-37(47)22-5-10-27(11-6-22)52-40(50)25-9-15-30-32(19-25)36(46)42-35(30)45)14-16-33(21)54-38(48)23-7-12-28(13-8-23)51-39(49)24-3-4-26(20-43)31(18-24)34(44)41-2/h3-5,7-10,12-20,22,27H,6,11H2,1-2H3,(H,41,44)(H,42,45,46). The van der Waals surface area contributed by atoms with Crippen LogP contribution in [0.5, 0.6) is 17.2 Å². The van der Waals surface area contributed by atoms with Crippen molar-refractivity contribution >= 4 is 47.9 Å². The number of esters is 4. The second-order valence-corrected chi connectivity index (χ2v) is 12.2. The summed E-state index contributed by atoms with van der Waals surface area (Å²) in [6.07, 6.45) is 3.79. The molecule has 272 valence electrons. The van der Waals surface area contributed by atoms with Gasteiger partial charge < -0.3 is 24.3 Å². The van der Waals surface area contributed by atoms with Gasteiger partial charge in [-0.3, -0.25) is 29.3 Å². The van der Waals surface area contributed by atoms with Crippen LogP contribution in [0.1, 0.15) is 90.9 Å². The molecule has 0 fully saturated rings. The van der Waals surface area contributed by atoms with Gasteiger partial charge in [0, 0.05) is 12.6 Å². The predicted molar refractivity (Wildman–Crippen MR) is 188 cm³/mol. The number of ether oxygens (including phenoxy) is 4. The number of aryl methyl sites for hydroxylation is 1. The van der Waals surface area contributed by atoms with E-state index in [9.17, 15) is 38.4 Å². The van der Waals surface area contributed by atoms with Crippen molar-refractivity contribution in [3.05, 3.63) is 136 Å². The molecule has 54 heavy (non-hydrogen) atoms. The lowest BCUT2D eigenvalue weighted by Gasteiger charge is -2.22. The predicted octanol–water partition coefficient (Wildman–Crippen LogP) is 4.59. The Labute approximate surface area is 307 Å². The smallest absolute Gasteiger partial charge is 0.343 e. The molecule has 0 aromatic heterocycles. The van der Waals surface area contributed by atoms with Gasteiger partial charge in [-0.15, -0.1) is 0 Å². The second kappa shape index (κ2) is 15.6. The zero-order valence-electron chi connectivity index (χ0n) is 28.7. The highest BCUT2D eigenvalue weighted by molar-refractivity contribution is 6.22. The minimum atomic E-state index is -0.778. The average molecular weight is 731 g/mol. The van der Waals surface area contributed by atoms with Crippen molar-refractivity contribution in [3.63, 3.8) is 0 Å². The molecule has 0 saturated heterocycles. The number of nitrogens with one attached hydrogen (secondary N) is 2. The average Bonchev–Trinajstić information content (AvgIpc) is 3.47. The van der Waals surface area contributed by atoms with Gasteiger partial charge in [0.15, 0.2) is 6.29 Å². The third kappa shape index (κ3) is 7.97. The topological polar surface area (TPSA) is 198 Å². The molecule has 1 aliphatic carbocycles. The molecule has 3 amide bonds. The summed E-state index contributed by atoms with van der Waals surface area (Å²) in [6.45, 7) is 1.67. The van der Waals surface area contributed by atoms with Crippen LogP contribution >= 0.6 is 0 Å². The van der Waals surface area contributed by atoms with Gasteiger partial charge in [-0.2, -0.15) is 0 Å². The van der Waals surface area contributed by atoms with Crippen LogP contribution in [0.3, 0.4) is 0 Å². The zero-order chi connectivity index (χ0) is 38.5. The van der Waals surface area contributed by atoms with Crippen LogP contribution in [0.2, 0.25) is 0 Å². The van der Waals surface area contributed by atoms with Gasteiger partial charge in [0.25, 0.3) is 17.7 Å². The lowest BCUT2D eigenvalue weighted by molar-refractivity contribution is -0.137. The van der Waals surface area contributed by atoms with E-state index in [1.165, 1.54) is 79.8 Å². The minimum absolute atomic E-state index is 0.0206. The largest absolute Gasteiger partial charge is 0.455 e. The Morgan fingerprint density at radius 2 is 1.37 bits per heavy atom. The fourth-order valence-electron chi connectivity index (χ4n) is 5.68. The van der Waals surface area contributed by atoms with E-state index >= 15 is 0 Å². The zero-order valence-corrected chi connectivity index (χ0v) is 28.7. The van der Waals surface area contributed by atoms with Gasteiger partial charge in [0.2, 0.25) is 0 Å². The molecule has 0 saturated carbocycles. The van der Waals surface area contributed by atoms with Crippen molar-refractivity contribution in [1.29, 1.82) is 0 Å². The number of fused-ring (bicyclic) bond motifs is 1. The number of carbonyl (C=O) groups excluding carboxylic acids is 8. The molecule has 14 nitrogen and oxygen atoms in total. The third-order valence-corrected chi connectivity index (χ3v) is 8.61. The molecule has 14 heteroatoms. The number of amides is 3. The molecule has 1 aliphatic heterocycles. The molecular weight excluding hydrogens is 700 g/mol. The lowest BCUT2D eigenvalue weighted by Crippen LogP contribution is -2.26. The first-order chi connectivity index (χ1) is 25.9. The van der Waals surface area contributed by atoms with Gasteiger partial charge in [0.05, 0.1) is 39.3 Å². The summed E-state index contributed by atoms with van der Waals surface area (Å²) in [5.41, 5.74) is 1.26. The Balaban J connectivity index is 0.996. The van der Waals surface area contributed by atoms with Crippen LogP contribution in [0.25, 0.3) is 0 Å². The van der Waals surface area contributed by atoms with Gasteiger partial charge in [-0.05, 0) is 104 Å². The Bertz CT molecular complexity index is 2270. The van der Waals surface area contributed by atoms with Gasteiger partial charge >= 0.3 is 23.9 Å². The van der Waals surface area contributed by atoms with Crippen LogP contribution < -0.4 is 24.8 Å². The first-order valence-electron chi connectivity index (χ1n) is 16.5. The molecule has 2 aliphatic rings. The number of benzene rings is 4. The Hall–Kier alpha value is -7.22. The molecule has 6 rings (SSSR count). The Kier molecular flexibility index (Phi) is 10.5. The minimum Gasteiger partial charge on any atom is -0.455 e. The van der Waals surface area contributed by atoms with Crippen molar-refractivity contribution in [2.75, 3.05) is 7.05 Å². The summed E-state index contributed by atoms with van der Waals surface area (Å²) in [7, 11) is 1.40. The first kappa shape index (κ1) is 36.6. The highest BCUT2D eigenvalue weighted by atomic mass is 16.6. The van der Waals surface area contributed by atoms with Crippen molar-refractivity contribution in [1.82, 2.24) is 10.6 Å². The molecule has 2 unspecified atom stereocenters. The number of carbonyl (C=O) groups is 8. The van der Waals surface area contributed by atoms with E-state index in [1.807, 2.05) is 0 Å². The van der Waals surface area contributed by atoms with E-state index < -0.39 is 53.6 Å². The van der Waals surface area contributed by atoms with E-state index in [-0.39, 0.29) is 56.2 Å². The van der Waals surface area contributed by atoms with Gasteiger partial charge in [-0.1, -0.05) is 12.1 Å². The van der Waals surface area contributed by atoms with Crippen molar-refractivity contribution in [2.24, 2.45) is 5.92 Å². The van der Waals surface area contributed by atoms with E-state index in [1.54, 1.807) is 25.1 Å². The van der Waals surface area contributed by atoms with Gasteiger partial charge in [0.1, 0.15) is 23.4 Å². The van der Waals surface area contributed by atoms with Crippen LogP contribution in [-0.2, 0) is 9.53 Å². The number of rotatable bonds is 10. The number of hydrogen-bond donors (Lipinski definition) is 2. The van der Waals surface area contributed by atoms with Crippen molar-refractivity contribution in [3.8, 4) is 17.2 Å². The summed E-state index contributed by atoms with van der Waals surface area (Å²) < 4.78 is 22.0. The molecular formula is C40H30N2O12. The van der Waals surface area contributed by atoms with Crippen molar-refractivity contribution < 1.29 is 57.3 Å². The maximum absolute atomic E-state index is 12.9. The molecule has 4 aromatic rings. The maximum atomic E-state index is 12.9. The molecule has 4 aromatic carbocycles. The summed E-state index contributed by atoms with van der Waals surface area (Å²) >= 11 is 0. The molecule has 0 radical (unpaired) electrons. The summed E-state index contributed by atoms with van der Waals surface area (Å²) in [6, 6.07) is 18.2. The number of imide groups is 1. The highest BCUT2D eigenvalue weighted by Crippen LogP contribution is 2.28. The lowest BCUT2D eigenvalue weighted by atomic mass is 9.94. The fraction of sp³-hybridized carbons (Fsp3) is 0.150. The van der Waals surface area contributed by atoms with Crippen LogP contribution in [0, 0.1) is 12.8 Å².